The van der Waals surface area contributed by atoms with E-state index < -0.39 is 10.0 Å². The zero-order valence-electron chi connectivity index (χ0n) is 14.1. The Labute approximate surface area is 152 Å². The van der Waals surface area contributed by atoms with Gasteiger partial charge in [0.2, 0.25) is 10.0 Å². The third-order valence-electron chi connectivity index (χ3n) is 3.86. The number of Topliss-reactive ketones (excluding diaryl/α,β-unsaturated/α-hetero) is 1. The molecule has 0 aliphatic carbocycles. The van der Waals surface area contributed by atoms with Crippen molar-refractivity contribution < 1.29 is 22.7 Å². The lowest BCUT2D eigenvalue weighted by Crippen LogP contribution is -2.41. The quantitative estimate of drug-likeness (QED) is 0.796. The molecule has 2 rings (SSSR count). The number of carbonyl (C=O) groups is 2. The molecular weight excluding hydrogens is 368 g/mol. The van der Waals surface area contributed by atoms with E-state index in [1.54, 1.807) is 12.1 Å². The minimum atomic E-state index is -3.17. The number of carbonyl (C=O) groups excluding carboxylic acids is 2. The van der Waals surface area contributed by atoms with Crippen LogP contribution in [0.15, 0.2) is 18.2 Å². The monoisotopic (exact) mass is 388 g/mol. The molecule has 0 atom stereocenters. The van der Waals surface area contributed by atoms with Crippen LogP contribution in [-0.2, 0) is 14.8 Å². The summed E-state index contributed by atoms with van der Waals surface area (Å²) in [5.74, 6) is -0.0764. The standard InChI is InChI=1S/C16H21ClN2O5S/c1-11(20)10-18-16(21)12-3-4-15(14(17)9-12)24-13-5-7-19(8-6-13)25(2,22)23/h3-4,9,13H,5-8,10H2,1-2H3,(H,18,21). The van der Waals surface area contributed by atoms with Crippen LogP contribution < -0.4 is 10.1 Å². The number of nitrogens with zero attached hydrogens (tertiary/aromatic N) is 1. The molecule has 1 fully saturated rings. The smallest absolute Gasteiger partial charge is 0.251 e. The van der Waals surface area contributed by atoms with Crippen LogP contribution in [0.25, 0.3) is 0 Å². The van der Waals surface area contributed by atoms with Crippen molar-refractivity contribution in [2.45, 2.75) is 25.9 Å². The van der Waals surface area contributed by atoms with Gasteiger partial charge in [-0.05, 0) is 38.0 Å². The van der Waals surface area contributed by atoms with Crippen molar-refractivity contribution in [2.75, 3.05) is 25.9 Å². The van der Waals surface area contributed by atoms with Gasteiger partial charge in [0.15, 0.2) is 0 Å². The summed E-state index contributed by atoms with van der Waals surface area (Å²) in [4.78, 5) is 22.8. The molecule has 1 heterocycles. The lowest BCUT2D eigenvalue weighted by atomic mass is 10.1. The molecule has 1 saturated heterocycles. The second-order valence-electron chi connectivity index (χ2n) is 6.01. The summed E-state index contributed by atoms with van der Waals surface area (Å²) in [6, 6.07) is 4.66. The second kappa shape index (κ2) is 8.16. The fourth-order valence-electron chi connectivity index (χ4n) is 2.51. The highest BCUT2D eigenvalue weighted by atomic mass is 35.5. The van der Waals surface area contributed by atoms with Crippen LogP contribution in [0.3, 0.4) is 0 Å². The molecule has 0 unspecified atom stereocenters. The fraction of sp³-hybridized carbons (Fsp3) is 0.500. The molecule has 1 N–H and O–H groups in total. The lowest BCUT2D eigenvalue weighted by Gasteiger charge is -2.30. The Kier molecular flexibility index (Phi) is 6.42. The number of halogens is 1. The molecule has 1 aromatic carbocycles. The number of ether oxygens (including phenoxy) is 1. The molecular formula is C16H21ClN2O5S. The van der Waals surface area contributed by atoms with Gasteiger partial charge in [0.05, 0.1) is 17.8 Å². The summed E-state index contributed by atoms with van der Waals surface area (Å²) < 4.78 is 30.3. The summed E-state index contributed by atoms with van der Waals surface area (Å²) in [5, 5.41) is 2.79. The van der Waals surface area contributed by atoms with Crippen LogP contribution in [0.5, 0.6) is 5.75 Å². The Morgan fingerprint density at radius 1 is 1.32 bits per heavy atom. The van der Waals surface area contributed by atoms with Crippen molar-refractivity contribution in [3.8, 4) is 5.75 Å². The van der Waals surface area contributed by atoms with Crippen molar-refractivity contribution in [3.63, 3.8) is 0 Å². The number of hydrogen-bond acceptors (Lipinski definition) is 5. The van der Waals surface area contributed by atoms with Gasteiger partial charge in [-0.1, -0.05) is 11.6 Å². The number of ketones is 1. The first kappa shape index (κ1) is 19.7. The number of hydrogen-bond donors (Lipinski definition) is 1. The molecule has 1 aliphatic rings. The molecule has 1 aromatic rings. The summed E-state index contributed by atoms with van der Waals surface area (Å²) in [6.45, 7) is 2.17. The summed E-state index contributed by atoms with van der Waals surface area (Å²) in [6.07, 6.45) is 2.21. The second-order valence-corrected chi connectivity index (χ2v) is 8.40. The number of piperidine rings is 1. The number of benzene rings is 1. The molecule has 25 heavy (non-hydrogen) atoms. The Bertz CT molecular complexity index is 758. The largest absolute Gasteiger partial charge is 0.489 e. The van der Waals surface area contributed by atoms with Crippen LogP contribution in [0.4, 0.5) is 0 Å². The van der Waals surface area contributed by atoms with E-state index in [0.717, 1.165) is 0 Å². The molecule has 0 aromatic heterocycles. The van der Waals surface area contributed by atoms with Gasteiger partial charge in [0, 0.05) is 18.7 Å². The highest BCUT2D eigenvalue weighted by molar-refractivity contribution is 7.88. The number of sulfonamides is 1. The maximum absolute atomic E-state index is 11.9. The normalized spacial score (nSPS) is 16.4. The van der Waals surface area contributed by atoms with Crippen molar-refractivity contribution in [1.82, 2.24) is 9.62 Å². The molecule has 1 amide bonds. The van der Waals surface area contributed by atoms with Crippen LogP contribution in [0, 0.1) is 0 Å². The van der Waals surface area contributed by atoms with Gasteiger partial charge in [0.25, 0.3) is 5.91 Å². The van der Waals surface area contributed by atoms with Crippen LogP contribution in [0.2, 0.25) is 5.02 Å². The summed E-state index contributed by atoms with van der Waals surface area (Å²) in [7, 11) is -3.17. The summed E-state index contributed by atoms with van der Waals surface area (Å²) >= 11 is 6.18. The first-order valence-corrected chi connectivity index (χ1v) is 10.1. The average molecular weight is 389 g/mol. The molecule has 0 bridgehead atoms. The molecule has 7 nitrogen and oxygen atoms in total. The molecule has 1 aliphatic heterocycles. The van der Waals surface area contributed by atoms with Gasteiger partial charge >= 0.3 is 0 Å². The zero-order chi connectivity index (χ0) is 18.6. The van der Waals surface area contributed by atoms with Gasteiger partial charge in [-0.15, -0.1) is 0 Å². The van der Waals surface area contributed by atoms with Gasteiger partial charge < -0.3 is 10.1 Å². The SMILES string of the molecule is CC(=O)CNC(=O)c1ccc(OC2CCN(S(C)(=O)=O)CC2)c(Cl)c1. The van der Waals surface area contributed by atoms with Gasteiger partial charge in [-0.25, -0.2) is 12.7 Å². The van der Waals surface area contributed by atoms with Crippen LogP contribution in [-0.4, -0.2) is 56.4 Å². The van der Waals surface area contributed by atoms with Crippen molar-refractivity contribution in [3.05, 3.63) is 28.8 Å². The minimum absolute atomic E-state index is 0.0341. The molecule has 9 heteroatoms. The summed E-state index contributed by atoms with van der Waals surface area (Å²) in [5.41, 5.74) is 0.338. The Morgan fingerprint density at radius 2 is 1.96 bits per heavy atom. The molecule has 0 radical (unpaired) electrons. The van der Waals surface area contributed by atoms with Gasteiger partial charge in [0.1, 0.15) is 17.6 Å². The van der Waals surface area contributed by atoms with E-state index in [0.29, 0.717) is 42.3 Å². The average Bonchev–Trinajstić information content (AvgIpc) is 2.54. The highest BCUT2D eigenvalue weighted by Crippen LogP contribution is 2.28. The molecule has 0 saturated carbocycles. The van der Waals surface area contributed by atoms with E-state index in [4.69, 9.17) is 16.3 Å². The highest BCUT2D eigenvalue weighted by Gasteiger charge is 2.26. The van der Waals surface area contributed by atoms with E-state index in [1.807, 2.05) is 0 Å². The van der Waals surface area contributed by atoms with E-state index in [9.17, 15) is 18.0 Å². The van der Waals surface area contributed by atoms with Crippen molar-refractivity contribution >= 4 is 33.3 Å². The number of nitrogens with one attached hydrogen (secondary N) is 1. The van der Waals surface area contributed by atoms with Gasteiger partial charge in [-0.3, -0.25) is 9.59 Å². The maximum atomic E-state index is 11.9. The molecule has 138 valence electrons. The zero-order valence-corrected chi connectivity index (χ0v) is 15.7. The predicted molar refractivity (Wildman–Crippen MR) is 94.5 cm³/mol. The third kappa shape index (κ3) is 5.69. The minimum Gasteiger partial charge on any atom is -0.489 e. The number of amides is 1. The third-order valence-corrected chi connectivity index (χ3v) is 5.45. The van der Waals surface area contributed by atoms with E-state index in [2.05, 4.69) is 5.32 Å². The van der Waals surface area contributed by atoms with E-state index in [1.165, 1.54) is 23.6 Å². The first-order chi connectivity index (χ1) is 11.7. The fourth-order valence-corrected chi connectivity index (χ4v) is 3.60. The van der Waals surface area contributed by atoms with Crippen LogP contribution in [0.1, 0.15) is 30.1 Å². The topological polar surface area (TPSA) is 92.8 Å². The van der Waals surface area contributed by atoms with Crippen molar-refractivity contribution in [1.29, 1.82) is 0 Å². The van der Waals surface area contributed by atoms with Gasteiger partial charge in [-0.2, -0.15) is 0 Å². The predicted octanol–water partition coefficient (Wildman–Crippen LogP) is 1.46. The van der Waals surface area contributed by atoms with Crippen LogP contribution >= 0.6 is 11.6 Å². The maximum Gasteiger partial charge on any atom is 0.251 e. The lowest BCUT2D eigenvalue weighted by molar-refractivity contribution is -0.116. The first-order valence-electron chi connectivity index (χ1n) is 7.86. The Balaban J connectivity index is 1.95. The Morgan fingerprint density at radius 3 is 2.48 bits per heavy atom. The molecule has 0 spiro atoms. The van der Waals surface area contributed by atoms with E-state index in [-0.39, 0.29) is 24.3 Å². The number of rotatable bonds is 6. The van der Waals surface area contributed by atoms with Crippen molar-refractivity contribution in [2.24, 2.45) is 0 Å². The van der Waals surface area contributed by atoms with E-state index >= 15 is 0 Å². The Hall–Kier alpha value is -1.64.